The second-order valence-electron chi connectivity index (χ2n) is 5.28. The van der Waals surface area contributed by atoms with Crippen molar-refractivity contribution in [3.05, 3.63) is 22.2 Å². The Morgan fingerprint density at radius 2 is 1.80 bits per heavy atom. The zero-order valence-corrected chi connectivity index (χ0v) is 15.6. The molecule has 0 fully saturated rings. The van der Waals surface area contributed by atoms with Gasteiger partial charge in [0, 0.05) is 5.33 Å². The van der Waals surface area contributed by atoms with Gasteiger partial charge < -0.3 is 14.2 Å². The zero-order valence-electron chi connectivity index (χ0n) is 12.5. The number of hydrogen-bond acceptors (Lipinski definition) is 3. The van der Waals surface area contributed by atoms with Crippen molar-refractivity contribution < 1.29 is 14.2 Å². The Morgan fingerprint density at radius 3 is 2.35 bits per heavy atom. The van der Waals surface area contributed by atoms with Gasteiger partial charge in [-0.1, -0.05) is 15.9 Å². The molecule has 0 aromatic heterocycles. The first-order valence-corrected chi connectivity index (χ1v) is 8.56. The maximum atomic E-state index is 5.80. The Morgan fingerprint density at radius 1 is 1.10 bits per heavy atom. The molecular weight excluding hydrogens is 388 g/mol. The second-order valence-corrected chi connectivity index (χ2v) is 6.70. The van der Waals surface area contributed by atoms with Gasteiger partial charge in [0.15, 0.2) is 11.5 Å². The van der Waals surface area contributed by atoms with Gasteiger partial charge >= 0.3 is 0 Å². The van der Waals surface area contributed by atoms with Crippen LogP contribution in [0.2, 0.25) is 0 Å². The van der Waals surface area contributed by atoms with E-state index in [0.29, 0.717) is 19.8 Å². The summed E-state index contributed by atoms with van der Waals surface area (Å²) < 4.78 is 18.0. The molecule has 0 radical (unpaired) electrons. The molecule has 0 heterocycles. The predicted molar refractivity (Wildman–Crippen MR) is 89.1 cm³/mol. The Balaban J connectivity index is 2.72. The molecule has 3 nitrogen and oxygen atoms in total. The third-order valence-electron chi connectivity index (χ3n) is 2.39. The molecule has 0 aliphatic rings. The van der Waals surface area contributed by atoms with E-state index in [1.807, 2.05) is 39.8 Å². The molecule has 20 heavy (non-hydrogen) atoms. The van der Waals surface area contributed by atoms with Crippen molar-refractivity contribution >= 4 is 31.9 Å². The summed E-state index contributed by atoms with van der Waals surface area (Å²) in [4.78, 5) is 0. The minimum Gasteiger partial charge on any atom is -0.490 e. The van der Waals surface area contributed by atoms with E-state index < -0.39 is 0 Å². The third kappa shape index (κ3) is 6.02. The monoisotopic (exact) mass is 408 g/mol. The van der Waals surface area contributed by atoms with E-state index in [1.54, 1.807) is 0 Å². The first kappa shape index (κ1) is 17.8. The van der Waals surface area contributed by atoms with Crippen molar-refractivity contribution in [2.45, 2.75) is 38.6 Å². The van der Waals surface area contributed by atoms with Crippen molar-refractivity contribution in [3.8, 4) is 11.5 Å². The quantitative estimate of drug-likeness (QED) is 0.471. The first-order chi connectivity index (χ1) is 9.37. The fourth-order valence-corrected chi connectivity index (χ4v) is 2.52. The van der Waals surface area contributed by atoms with Crippen LogP contribution in [0.5, 0.6) is 11.5 Å². The highest BCUT2D eigenvalue weighted by Crippen LogP contribution is 2.37. The van der Waals surface area contributed by atoms with E-state index in [2.05, 4.69) is 31.9 Å². The lowest BCUT2D eigenvalue weighted by atomic mass is 10.2. The topological polar surface area (TPSA) is 27.7 Å². The lowest BCUT2D eigenvalue weighted by Crippen LogP contribution is -2.22. The minimum absolute atomic E-state index is 0.150. The van der Waals surface area contributed by atoms with Crippen molar-refractivity contribution in [3.63, 3.8) is 0 Å². The molecule has 0 atom stereocenters. The summed E-state index contributed by atoms with van der Waals surface area (Å²) in [5, 5.41) is 0.777. The van der Waals surface area contributed by atoms with Crippen LogP contribution in [0.4, 0.5) is 0 Å². The van der Waals surface area contributed by atoms with Crippen LogP contribution in [-0.4, -0.2) is 25.4 Å². The van der Waals surface area contributed by atoms with Gasteiger partial charge in [-0.15, -0.1) is 0 Å². The number of hydrogen-bond donors (Lipinski definition) is 0. The summed E-state index contributed by atoms with van der Waals surface area (Å²) in [6, 6.07) is 4.01. The lowest BCUT2D eigenvalue weighted by molar-refractivity contribution is -0.0166. The Kier molecular flexibility index (Phi) is 7.34. The summed E-state index contributed by atoms with van der Waals surface area (Å²) in [7, 11) is 0. The molecule has 0 bridgehead atoms. The van der Waals surface area contributed by atoms with Gasteiger partial charge in [-0.05, 0) is 61.3 Å². The molecule has 1 rings (SSSR count). The molecule has 0 saturated carbocycles. The van der Waals surface area contributed by atoms with Crippen LogP contribution in [0.3, 0.4) is 0 Å². The van der Waals surface area contributed by atoms with Gasteiger partial charge in [0.25, 0.3) is 0 Å². The molecular formula is C15H22Br2O3. The Hall–Kier alpha value is -0.260. The molecule has 1 aromatic carbocycles. The van der Waals surface area contributed by atoms with Crippen LogP contribution in [0, 0.1) is 0 Å². The smallest absolute Gasteiger partial charge is 0.175 e. The molecule has 0 spiro atoms. The highest BCUT2D eigenvalue weighted by atomic mass is 79.9. The highest BCUT2D eigenvalue weighted by molar-refractivity contribution is 9.10. The summed E-state index contributed by atoms with van der Waals surface area (Å²) in [5.74, 6) is 1.49. The van der Waals surface area contributed by atoms with Crippen LogP contribution in [0.25, 0.3) is 0 Å². The maximum absolute atomic E-state index is 5.80. The Labute approximate surface area is 138 Å². The van der Waals surface area contributed by atoms with Crippen molar-refractivity contribution in [1.82, 2.24) is 0 Å². The third-order valence-corrected chi connectivity index (χ3v) is 3.62. The summed E-state index contributed by atoms with van der Waals surface area (Å²) in [6.45, 7) is 9.68. The standard InChI is InChI=1S/C15H22Br2O3/c1-5-18-13-9-11(10-16)8-12(17)14(13)19-6-7-20-15(2,3)4/h8-9H,5-7,10H2,1-4H3. The molecule has 5 heteroatoms. The van der Waals surface area contributed by atoms with E-state index in [9.17, 15) is 0 Å². The van der Waals surface area contributed by atoms with Crippen molar-refractivity contribution in [2.75, 3.05) is 19.8 Å². The second kappa shape index (κ2) is 8.25. The predicted octanol–water partition coefficient (Wildman–Crippen LogP) is 4.94. The largest absolute Gasteiger partial charge is 0.490 e. The SMILES string of the molecule is CCOc1cc(CBr)cc(Br)c1OCCOC(C)(C)C. The first-order valence-electron chi connectivity index (χ1n) is 6.65. The normalized spacial score (nSPS) is 11.5. The number of rotatable bonds is 7. The van der Waals surface area contributed by atoms with Crippen LogP contribution >= 0.6 is 31.9 Å². The molecule has 0 amide bonds. The molecule has 0 aliphatic carbocycles. The molecule has 0 N–H and O–H groups in total. The summed E-state index contributed by atoms with van der Waals surface area (Å²) in [5.41, 5.74) is 0.988. The van der Waals surface area contributed by atoms with E-state index in [0.717, 1.165) is 26.9 Å². The fourth-order valence-electron chi connectivity index (χ4n) is 1.59. The van der Waals surface area contributed by atoms with E-state index in [-0.39, 0.29) is 5.60 Å². The van der Waals surface area contributed by atoms with Crippen LogP contribution < -0.4 is 9.47 Å². The Bertz CT molecular complexity index is 428. The van der Waals surface area contributed by atoms with Crippen LogP contribution in [0.15, 0.2) is 16.6 Å². The summed E-state index contributed by atoms with van der Waals surface area (Å²) in [6.07, 6.45) is 0. The summed E-state index contributed by atoms with van der Waals surface area (Å²) >= 11 is 6.98. The van der Waals surface area contributed by atoms with E-state index >= 15 is 0 Å². The van der Waals surface area contributed by atoms with Crippen molar-refractivity contribution in [1.29, 1.82) is 0 Å². The maximum Gasteiger partial charge on any atom is 0.175 e. The molecule has 114 valence electrons. The highest BCUT2D eigenvalue weighted by Gasteiger charge is 2.13. The average Bonchev–Trinajstić information content (AvgIpc) is 2.35. The van der Waals surface area contributed by atoms with Gasteiger partial charge in [0.05, 0.1) is 23.3 Å². The van der Waals surface area contributed by atoms with Gasteiger partial charge in [0.1, 0.15) is 6.61 Å². The van der Waals surface area contributed by atoms with E-state index in [1.165, 1.54) is 0 Å². The van der Waals surface area contributed by atoms with Crippen LogP contribution in [0.1, 0.15) is 33.3 Å². The fraction of sp³-hybridized carbons (Fsp3) is 0.600. The van der Waals surface area contributed by atoms with Gasteiger partial charge in [-0.3, -0.25) is 0 Å². The average molecular weight is 410 g/mol. The molecule has 0 aliphatic heterocycles. The minimum atomic E-state index is -0.150. The number of benzene rings is 1. The van der Waals surface area contributed by atoms with Gasteiger partial charge in [-0.25, -0.2) is 0 Å². The van der Waals surface area contributed by atoms with Crippen molar-refractivity contribution in [2.24, 2.45) is 0 Å². The van der Waals surface area contributed by atoms with Crippen LogP contribution in [-0.2, 0) is 10.1 Å². The van der Waals surface area contributed by atoms with Gasteiger partial charge in [-0.2, -0.15) is 0 Å². The van der Waals surface area contributed by atoms with Gasteiger partial charge in [0.2, 0.25) is 0 Å². The number of alkyl halides is 1. The zero-order chi connectivity index (χ0) is 15.2. The van der Waals surface area contributed by atoms with E-state index in [4.69, 9.17) is 14.2 Å². The number of ether oxygens (including phenoxy) is 3. The number of halogens is 2. The molecule has 1 aromatic rings. The lowest BCUT2D eigenvalue weighted by Gasteiger charge is -2.20. The molecule has 0 saturated heterocycles. The molecule has 0 unspecified atom stereocenters.